The standard InChI is InChI=1S/C10H11FN2O4S2/c11-7-2-1-4-12-8(7)19(16,17)13-10(9(14)15)3-5-18-6-10/h1-2,4,13H,3,5-6H2,(H,14,15). The molecule has 1 unspecified atom stereocenters. The number of aromatic nitrogens is 1. The molecule has 1 atom stereocenters. The van der Waals surface area contributed by atoms with Crippen LogP contribution in [0.1, 0.15) is 6.42 Å². The van der Waals surface area contributed by atoms with Crippen molar-refractivity contribution in [3.63, 3.8) is 0 Å². The van der Waals surface area contributed by atoms with Crippen molar-refractivity contribution < 1.29 is 22.7 Å². The number of carboxylic acids is 1. The van der Waals surface area contributed by atoms with Crippen molar-refractivity contribution in [2.24, 2.45) is 0 Å². The van der Waals surface area contributed by atoms with Crippen molar-refractivity contribution in [1.29, 1.82) is 0 Å². The molecule has 0 radical (unpaired) electrons. The molecule has 2 heterocycles. The molecule has 0 saturated carbocycles. The van der Waals surface area contributed by atoms with Gasteiger partial charge in [0.25, 0.3) is 10.0 Å². The van der Waals surface area contributed by atoms with E-state index in [9.17, 15) is 22.7 Å². The highest BCUT2D eigenvalue weighted by molar-refractivity contribution is 7.99. The first-order valence-electron chi connectivity index (χ1n) is 5.33. The first-order chi connectivity index (χ1) is 8.87. The second-order valence-corrected chi connectivity index (χ2v) is 6.79. The van der Waals surface area contributed by atoms with E-state index in [4.69, 9.17) is 0 Å². The summed E-state index contributed by atoms with van der Waals surface area (Å²) in [5, 5.41) is 8.40. The maximum atomic E-state index is 13.5. The van der Waals surface area contributed by atoms with Crippen LogP contribution in [0.15, 0.2) is 23.4 Å². The largest absolute Gasteiger partial charge is 0.480 e. The van der Waals surface area contributed by atoms with Crippen molar-refractivity contribution in [3.05, 3.63) is 24.1 Å². The van der Waals surface area contributed by atoms with E-state index in [1.165, 1.54) is 17.8 Å². The molecule has 0 amide bonds. The van der Waals surface area contributed by atoms with E-state index >= 15 is 0 Å². The van der Waals surface area contributed by atoms with Crippen LogP contribution < -0.4 is 4.72 Å². The maximum absolute atomic E-state index is 13.5. The first-order valence-corrected chi connectivity index (χ1v) is 7.97. The van der Waals surface area contributed by atoms with Crippen LogP contribution in [0.4, 0.5) is 4.39 Å². The van der Waals surface area contributed by atoms with Crippen molar-refractivity contribution in [1.82, 2.24) is 9.71 Å². The van der Waals surface area contributed by atoms with Gasteiger partial charge in [-0.05, 0) is 24.3 Å². The van der Waals surface area contributed by atoms with Gasteiger partial charge in [0.15, 0.2) is 5.82 Å². The number of nitrogens with one attached hydrogen (secondary N) is 1. The molecule has 1 aromatic rings. The first kappa shape index (κ1) is 14.2. The van der Waals surface area contributed by atoms with Crippen LogP contribution in [0.25, 0.3) is 0 Å². The Kier molecular flexibility index (Phi) is 3.79. The average Bonchev–Trinajstić information content (AvgIpc) is 2.78. The highest BCUT2D eigenvalue weighted by Crippen LogP contribution is 2.30. The zero-order valence-electron chi connectivity index (χ0n) is 9.67. The van der Waals surface area contributed by atoms with Gasteiger partial charge < -0.3 is 5.11 Å². The summed E-state index contributed by atoms with van der Waals surface area (Å²) in [5.41, 5.74) is -1.59. The third-order valence-corrected chi connectivity index (χ3v) is 5.40. The molecule has 104 valence electrons. The Morgan fingerprint density at radius 3 is 2.84 bits per heavy atom. The van der Waals surface area contributed by atoms with Gasteiger partial charge in [-0.25, -0.2) is 17.8 Å². The molecule has 9 heteroatoms. The highest BCUT2D eigenvalue weighted by Gasteiger charge is 2.46. The van der Waals surface area contributed by atoms with E-state index in [1.807, 2.05) is 0 Å². The normalized spacial score (nSPS) is 23.4. The van der Waals surface area contributed by atoms with E-state index in [2.05, 4.69) is 9.71 Å². The lowest BCUT2D eigenvalue weighted by molar-refractivity contribution is -0.142. The fourth-order valence-corrected chi connectivity index (χ4v) is 4.55. The number of hydrogen-bond acceptors (Lipinski definition) is 5. The molecule has 1 aliphatic heterocycles. The summed E-state index contributed by atoms with van der Waals surface area (Å²) in [5.74, 6) is -1.64. The number of pyridine rings is 1. The minimum absolute atomic E-state index is 0.107. The topological polar surface area (TPSA) is 96.4 Å². The second-order valence-electron chi connectivity index (χ2n) is 4.09. The monoisotopic (exact) mass is 306 g/mol. The molecule has 0 spiro atoms. The fraction of sp³-hybridized carbons (Fsp3) is 0.400. The zero-order valence-corrected chi connectivity index (χ0v) is 11.3. The number of carboxylic acid groups (broad SMARTS) is 1. The summed E-state index contributed by atoms with van der Waals surface area (Å²) in [6.45, 7) is 0. The van der Waals surface area contributed by atoms with E-state index in [-0.39, 0.29) is 12.2 Å². The maximum Gasteiger partial charge on any atom is 0.325 e. The van der Waals surface area contributed by atoms with Gasteiger partial charge in [0, 0.05) is 11.9 Å². The van der Waals surface area contributed by atoms with E-state index in [0.29, 0.717) is 5.75 Å². The minimum Gasteiger partial charge on any atom is -0.480 e. The molecule has 6 nitrogen and oxygen atoms in total. The van der Waals surface area contributed by atoms with Gasteiger partial charge in [0.05, 0.1) is 0 Å². The van der Waals surface area contributed by atoms with Gasteiger partial charge >= 0.3 is 5.97 Å². The van der Waals surface area contributed by atoms with Crippen LogP contribution in [0.5, 0.6) is 0 Å². The zero-order chi connectivity index (χ0) is 14.1. The van der Waals surface area contributed by atoms with E-state index < -0.39 is 32.4 Å². The predicted molar refractivity (Wildman–Crippen MR) is 66.8 cm³/mol. The van der Waals surface area contributed by atoms with Crippen LogP contribution >= 0.6 is 11.8 Å². The molecule has 1 saturated heterocycles. The Balaban J connectivity index is 2.36. The molecule has 1 fully saturated rings. The van der Waals surface area contributed by atoms with Crippen LogP contribution in [0.3, 0.4) is 0 Å². The molecule has 0 bridgehead atoms. The van der Waals surface area contributed by atoms with Crippen LogP contribution in [-0.4, -0.2) is 41.5 Å². The molecular formula is C10H11FN2O4S2. The minimum atomic E-state index is -4.31. The van der Waals surface area contributed by atoms with E-state index in [0.717, 1.165) is 12.3 Å². The number of nitrogens with zero attached hydrogens (tertiary/aromatic N) is 1. The van der Waals surface area contributed by atoms with Gasteiger partial charge in [-0.1, -0.05) is 0 Å². The van der Waals surface area contributed by atoms with Crippen LogP contribution in [0.2, 0.25) is 0 Å². The average molecular weight is 306 g/mol. The van der Waals surface area contributed by atoms with Gasteiger partial charge in [-0.15, -0.1) is 0 Å². The van der Waals surface area contributed by atoms with Crippen molar-refractivity contribution in [3.8, 4) is 0 Å². The summed E-state index contributed by atoms with van der Waals surface area (Å²) in [6, 6.07) is 2.21. The summed E-state index contributed by atoms with van der Waals surface area (Å²) in [7, 11) is -4.31. The van der Waals surface area contributed by atoms with Gasteiger partial charge in [0.2, 0.25) is 5.03 Å². The number of hydrogen-bond donors (Lipinski definition) is 2. The molecule has 1 aliphatic rings. The molecule has 2 N–H and O–H groups in total. The SMILES string of the molecule is O=C(O)C1(NS(=O)(=O)c2ncccc2F)CCSC1. The lowest BCUT2D eigenvalue weighted by Crippen LogP contribution is -2.54. The molecular weight excluding hydrogens is 295 g/mol. The Hall–Kier alpha value is -1.19. The number of sulfonamides is 1. The second kappa shape index (κ2) is 5.06. The molecule has 19 heavy (non-hydrogen) atoms. The third kappa shape index (κ3) is 2.72. The lowest BCUT2D eigenvalue weighted by atomic mass is 10.0. The quantitative estimate of drug-likeness (QED) is 0.839. The molecule has 0 aromatic carbocycles. The van der Waals surface area contributed by atoms with Gasteiger partial charge in [-0.3, -0.25) is 4.79 Å². The summed E-state index contributed by atoms with van der Waals surface area (Å²) in [4.78, 5) is 14.7. The predicted octanol–water partition coefficient (Wildman–Crippen LogP) is 0.459. The highest BCUT2D eigenvalue weighted by atomic mass is 32.2. The number of halogens is 1. The van der Waals surface area contributed by atoms with Crippen LogP contribution in [-0.2, 0) is 14.8 Å². The van der Waals surface area contributed by atoms with Crippen molar-refractivity contribution >= 4 is 27.8 Å². The van der Waals surface area contributed by atoms with Crippen molar-refractivity contribution in [2.75, 3.05) is 11.5 Å². The van der Waals surface area contributed by atoms with E-state index in [1.54, 1.807) is 0 Å². The third-order valence-electron chi connectivity index (χ3n) is 2.74. The summed E-state index contributed by atoms with van der Waals surface area (Å²) in [6.07, 6.45) is 1.29. The van der Waals surface area contributed by atoms with Crippen molar-refractivity contribution in [2.45, 2.75) is 17.0 Å². The summed E-state index contributed by atoms with van der Waals surface area (Å²) < 4.78 is 39.6. The molecule has 1 aromatic heterocycles. The smallest absolute Gasteiger partial charge is 0.325 e. The molecule has 2 rings (SSSR count). The number of carbonyl (C=O) groups is 1. The number of rotatable bonds is 4. The number of thioether (sulfide) groups is 1. The lowest BCUT2D eigenvalue weighted by Gasteiger charge is -2.23. The Morgan fingerprint density at radius 2 is 2.32 bits per heavy atom. The van der Waals surface area contributed by atoms with Gasteiger partial charge in [-0.2, -0.15) is 16.5 Å². The Morgan fingerprint density at radius 1 is 1.58 bits per heavy atom. The number of aliphatic carboxylic acids is 1. The van der Waals surface area contributed by atoms with Crippen LogP contribution in [0, 0.1) is 5.82 Å². The molecule has 0 aliphatic carbocycles. The fourth-order valence-electron chi connectivity index (χ4n) is 1.73. The Bertz CT molecular complexity index is 599. The van der Waals surface area contributed by atoms with Gasteiger partial charge in [0.1, 0.15) is 5.54 Å². The Labute approximate surface area is 113 Å². The summed E-state index contributed by atoms with van der Waals surface area (Å²) >= 11 is 1.33.